The van der Waals surface area contributed by atoms with E-state index < -0.39 is 10.0 Å². The van der Waals surface area contributed by atoms with Gasteiger partial charge < -0.3 is 10.1 Å². The van der Waals surface area contributed by atoms with Gasteiger partial charge >= 0.3 is 0 Å². The summed E-state index contributed by atoms with van der Waals surface area (Å²) in [7, 11) is -3.63. The van der Waals surface area contributed by atoms with E-state index in [0.29, 0.717) is 10.8 Å². The van der Waals surface area contributed by atoms with E-state index in [4.69, 9.17) is 17.0 Å². The molecule has 1 aliphatic heterocycles. The number of thiocarbonyl (C=S) groups is 1. The van der Waals surface area contributed by atoms with Crippen LogP contribution in [-0.4, -0.2) is 63.5 Å². The quantitative estimate of drug-likeness (QED) is 0.306. The van der Waals surface area contributed by atoms with E-state index >= 15 is 0 Å². The Balaban J connectivity index is 1.49. The van der Waals surface area contributed by atoms with Crippen LogP contribution in [0.15, 0.2) is 58.5 Å². The lowest BCUT2D eigenvalue weighted by Crippen LogP contribution is -2.42. The molecular formula is C22H29N5O3S2. The third-order valence-electron chi connectivity index (χ3n) is 5.03. The van der Waals surface area contributed by atoms with Gasteiger partial charge in [0.15, 0.2) is 5.11 Å². The molecule has 32 heavy (non-hydrogen) atoms. The number of sulfonamides is 1. The van der Waals surface area contributed by atoms with Crippen LogP contribution in [0.25, 0.3) is 0 Å². The molecule has 0 saturated carbocycles. The normalized spacial score (nSPS) is 15.2. The van der Waals surface area contributed by atoms with E-state index in [1.807, 2.05) is 26.0 Å². The van der Waals surface area contributed by atoms with E-state index in [0.717, 1.165) is 56.2 Å². The smallest absolute Gasteiger partial charge is 0.261 e. The molecule has 1 aliphatic rings. The topological polar surface area (TPSA) is 95.1 Å². The average molecular weight is 476 g/mol. The number of morpholine rings is 1. The second kappa shape index (κ2) is 11.4. The van der Waals surface area contributed by atoms with Gasteiger partial charge in [-0.3, -0.25) is 15.0 Å². The number of nitrogens with zero attached hydrogens (tertiary/aromatic N) is 2. The van der Waals surface area contributed by atoms with Crippen LogP contribution < -0.4 is 15.5 Å². The van der Waals surface area contributed by atoms with Gasteiger partial charge in [0.05, 0.1) is 23.8 Å². The Hall–Kier alpha value is -2.53. The van der Waals surface area contributed by atoms with Crippen LogP contribution >= 0.6 is 12.2 Å². The Bertz CT molecular complexity index is 1030. The van der Waals surface area contributed by atoms with Crippen molar-refractivity contribution in [3.05, 3.63) is 59.7 Å². The zero-order valence-corrected chi connectivity index (χ0v) is 19.9. The first kappa shape index (κ1) is 24.1. The first-order chi connectivity index (χ1) is 15.3. The number of aryl methyl sites for hydroxylation is 1. The molecule has 2 aromatic rings. The maximum atomic E-state index is 12.5. The molecule has 0 unspecified atom stereocenters. The Kier molecular flexibility index (Phi) is 8.57. The van der Waals surface area contributed by atoms with Crippen molar-refractivity contribution in [1.82, 2.24) is 15.6 Å². The largest absolute Gasteiger partial charge is 0.379 e. The molecule has 0 spiro atoms. The molecule has 2 aromatic carbocycles. The number of ether oxygens (including phenoxy) is 1. The average Bonchev–Trinajstić information content (AvgIpc) is 2.79. The minimum absolute atomic E-state index is 0.226. The molecule has 0 radical (unpaired) electrons. The van der Waals surface area contributed by atoms with Crippen molar-refractivity contribution in [1.29, 1.82) is 0 Å². The highest BCUT2D eigenvalue weighted by atomic mass is 32.2. The summed E-state index contributed by atoms with van der Waals surface area (Å²) in [6, 6.07) is 13.8. The van der Waals surface area contributed by atoms with Gasteiger partial charge in [0.25, 0.3) is 10.0 Å². The van der Waals surface area contributed by atoms with E-state index in [9.17, 15) is 8.42 Å². The van der Waals surface area contributed by atoms with Crippen molar-refractivity contribution in [3.8, 4) is 0 Å². The third-order valence-corrected chi connectivity index (χ3v) is 6.66. The Morgan fingerprint density at radius 3 is 2.41 bits per heavy atom. The van der Waals surface area contributed by atoms with Crippen molar-refractivity contribution in [2.24, 2.45) is 5.10 Å². The molecule has 0 atom stereocenters. The molecule has 0 aromatic heterocycles. The zero-order valence-electron chi connectivity index (χ0n) is 18.3. The third kappa shape index (κ3) is 7.27. The maximum Gasteiger partial charge on any atom is 0.261 e. The summed E-state index contributed by atoms with van der Waals surface area (Å²) >= 11 is 5.27. The molecule has 3 rings (SSSR count). The number of nitrogens with one attached hydrogen (secondary N) is 3. The van der Waals surface area contributed by atoms with E-state index in [-0.39, 0.29) is 4.90 Å². The molecule has 8 nitrogen and oxygen atoms in total. The van der Waals surface area contributed by atoms with Gasteiger partial charge in [0.2, 0.25) is 0 Å². The number of anilines is 1. The Labute approximate surface area is 195 Å². The van der Waals surface area contributed by atoms with Crippen LogP contribution in [0.2, 0.25) is 0 Å². The molecule has 172 valence electrons. The number of hydrogen-bond acceptors (Lipinski definition) is 6. The summed E-state index contributed by atoms with van der Waals surface area (Å²) in [4.78, 5) is 2.55. The molecule has 0 aliphatic carbocycles. The summed E-state index contributed by atoms with van der Waals surface area (Å²) in [5, 5.41) is 7.91. The summed E-state index contributed by atoms with van der Waals surface area (Å²) in [5.74, 6) is 0. The molecule has 1 heterocycles. The summed E-state index contributed by atoms with van der Waals surface area (Å²) in [6.07, 6.45) is 0. The van der Waals surface area contributed by atoms with Crippen LogP contribution in [0.4, 0.5) is 5.69 Å². The fourth-order valence-corrected chi connectivity index (χ4v) is 4.31. The SMILES string of the molecule is C/C(=N\NC(=S)NCCN1CCOCC1)c1ccc(NS(=O)(=O)c2ccc(C)cc2)cc1. The monoisotopic (exact) mass is 475 g/mol. The van der Waals surface area contributed by atoms with Crippen molar-refractivity contribution < 1.29 is 13.2 Å². The van der Waals surface area contributed by atoms with Crippen LogP contribution in [0.3, 0.4) is 0 Å². The van der Waals surface area contributed by atoms with Gasteiger partial charge in [-0.25, -0.2) is 8.42 Å². The molecule has 0 bridgehead atoms. The number of rotatable bonds is 8. The van der Waals surface area contributed by atoms with Gasteiger partial charge in [-0.15, -0.1) is 0 Å². The standard InChI is InChI=1S/C22H29N5O3S2/c1-17-3-9-21(10-4-17)32(28,29)26-20-7-5-19(6-8-20)18(2)24-25-22(31)23-11-12-27-13-15-30-16-14-27/h3-10,26H,11-16H2,1-2H3,(H2,23,25,31)/b24-18+. The van der Waals surface area contributed by atoms with Crippen LogP contribution in [0.5, 0.6) is 0 Å². The van der Waals surface area contributed by atoms with Gasteiger partial charge in [0.1, 0.15) is 0 Å². The molecule has 0 amide bonds. The first-order valence-corrected chi connectivity index (χ1v) is 12.3. The second-order valence-corrected chi connectivity index (χ2v) is 9.61. The zero-order chi connectivity index (χ0) is 23.0. The molecule has 10 heteroatoms. The summed E-state index contributed by atoms with van der Waals surface area (Å²) < 4.78 is 33.0. The number of hydrazone groups is 1. The minimum atomic E-state index is -3.63. The summed E-state index contributed by atoms with van der Waals surface area (Å²) in [5.41, 5.74) is 5.92. The fraction of sp³-hybridized carbons (Fsp3) is 0.364. The van der Waals surface area contributed by atoms with E-state index in [1.165, 1.54) is 0 Å². The van der Waals surface area contributed by atoms with E-state index in [2.05, 4.69) is 25.5 Å². The lowest BCUT2D eigenvalue weighted by atomic mass is 10.1. The highest BCUT2D eigenvalue weighted by Crippen LogP contribution is 2.17. The summed E-state index contributed by atoms with van der Waals surface area (Å²) in [6.45, 7) is 8.83. The van der Waals surface area contributed by atoms with Gasteiger partial charge in [-0.2, -0.15) is 5.10 Å². The fourth-order valence-electron chi connectivity index (χ4n) is 3.10. The Morgan fingerprint density at radius 1 is 1.09 bits per heavy atom. The Morgan fingerprint density at radius 2 is 1.75 bits per heavy atom. The lowest BCUT2D eigenvalue weighted by Gasteiger charge is -2.26. The van der Waals surface area contributed by atoms with Gasteiger partial charge in [0, 0.05) is 31.9 Å². The predicted octanol–water partition coefficient (Wildman–Crippen LogP) is 2.32. The minimum Gasteiger partial charge on any atom is -0.379 e. The maximum absolute atomic E-state index is 12.5. The van der Waals surface area contributed by atoms with Gasteiger partial charge in [-0.05, 0) is 55.9 Å². The van der Waals surface area contributed by atoms with Crippen LogP contribution in [0, 0.1) is 6.92 Å². The van der Waals surface area contributed by atoms with Crippen molar-refractivity contribution in [2.75, 3.05) is 44.1 Å². The highest BCUT2D eigenvalue weighted by Gasteiger charge is 2.14. The van der Waals surface area contributed by atoms with Gasteiger partial charge in [-0.1, -0.05) is 29.8 Å². The van der Waals surface area contributed by atoms with Crippen molar-refractivity contribution in [2.45, 2.75) is 18.7 Å². The molecule has 3 N–H and O–H groups in total. The van der Waals surface area contributed by atoms with Crippen molar-refractivity contribution >= 4 is 38.8 Å². The lowest BCUT2D eigenvalue weighted by molar-refractivity contribution is 0.0389. The number of benzene rings is 2. The predicted molar refractivity (Wildman–Crippen MR) is 132 cm³/mol. The molecular weight excluding hydrogens is 446 g/mol. The van der Waals surface area contributed by atoms with E-state index in [1.54, 1.807) is 36.4 Å². The highest BCUT2D eigenvalue weighted by molar-refractivity contribution is 7.92. The van der Waals surface area contributed by atoms with Crippen LogP contribution in [0.1, 0.15) is 18.1 Å². The number of hydrogen-bond donors (Lipinski definition) is 3. The second-order valence-electron chi connectivity index (χ2n) is 7.51. The molecule has 1 fully saturated rings. The van der Waals surface area contributed by atoms with Crippen molar-refractivity contribution in [3.63, 3.8) is 0 Å². The first-order valence-electron chi connectivity index (χ1n) is 10.4. The molecule has 1 saturated heterocycles. The van der Waals surface area contributed by atoms with Crippen LogP contribution in [-0.2, 0) is 14.8 Å².